The maximum atomic E-state index is 12.5. The van der Waals surface area contributed by atoms with Crippen molar-refractivity contribution in [3.63, 3.8) is 0 Å². The molecular formula is C35H37N3O5. The number of carbonyl (C=O) groups is 1. The molecular weight excluding hydrogens is 542 g/mol. The maximum Gasteiger partial charge on any atom is 0.310 e. The first-order valence-electron chi connectivity index (χ1n) is 14.4. The molecule has 0 bridgehead atoms. The Morgan fingerprint density at radius 3 is 2.65 bits per heavy atom. The van der Waals surface area contributed by atoms with E-state index in [1.54, 1.807) is 20.2 Å². The quantitative estimate of drug-likeness (QED) is 0.156. The van der Waals surface area contributed by atoms with Crippen molar-refractivity contribution < 1.29 is 23.4 Å². The molecule has 8 nitrogen and oxygen atoms in total. The van der Waals surface area contributed by atoms with Crippen molar-refractivity contribution in [3.05, 3.63) is 119 Å². The van der Waals surface area contributed by atoms with Crippen LogP contribution < -0.4 is 15.8 Å². The van der Waals surface area contributed by atoms with E-state index >= 15 is 0 Å². The number of ether oxygens (including phenoxy) is 3. The third-order valence-corrected chi connectivity index (χ3v) is 6.99. The third-order valence-electron chi connectivity index (χ3n) is 6.99. The number of pyridine rings is 1. The van der Waals surface area contributed by atoms with Crippen LogP contribution in [0.5, 0.6) is 5.75 Å². The first-order chi connectivity index (χ1) is 21.0. The van der Waals surface area contributed by atoms with Crippen LogP contribution in [-0.4, -0.2) is 30.8 Å². The normalized spacial score (nSPS) is 11.9. The van der Waals surface area contributed by atoms with Crippen molar-refractivity contribution in [2.24, 2.45) is 5.73 Å². The second kappa shape index (κ2) is 14.6. The van der Waals surface area contributed by atoms with Gasteiger partial charge >= 0.3 is 5.97 Å². The highest BCUT2D eigenvalue weighted by Gasteiger charge is 2.16. The summed E-state index contributed by atoms with van der Waals surface area (Å²) in [5, 5.41) is 4.42. The number of hydrogen-bond donors (Lipinski definition) is 2. The fourth-order valence-corrected chi connectivity index (χ4v) is 4.99. The minimum absolute atomic E-state index is 0.109. The fourth-order valence-electron chi connectivity index (χ4n) is 4.99. The molecule has 0 saturated carbocycles. The Bertz CT molecular complexity index is 1650. The molecule has 222 valence electrons. The summed E-state index contributed by atoms with van der Waals surface area (Å²) in [5.74, 6) is 1.14. The number of nitrogens with two attached hydrogens (primary N) is 1. The molecule has 2 heterocycles. The highest BCUT2D eigenvalue weighted by Crippen LogP contribution is 2.34. The number of rotatable bonds is 14. The Balaban J connectivity index is 1.37. The van der Waals surface area contributed by atoms with Gasteiger partial charge in [-0.25, -0.2) is 0 Å². The van der Waals surface area contributed by atoms with Gasteiger partial charge in [0.2, 0.25) is 0 Å². The molecule has 0 aliphatic rings. The molecule has 5 rings (SSSR count). The van der Waals surface area contributed by atoms with Crippen molar-refractivity contribution in [3.8, 4) is 16.9 Å². The first kappa shape index (κ1) is 30.0. The van der Waals surface area contributed by atoms with E-state index in [0.29, 0.717) is 38.6 Å². The third kappa shape index (κ3) is 8.08. The van der Waals surface area contributed by atoms with Gasteiger partial charge in [-0.3, -0.25) is 9.78 Å². The van der Waals surface area contributed by atoms with Gasteiger partial charge in [0, 0.05) is 49.1 Å². The Morgan fingerprint density at radius 1 is 0.977 bits per heavy atom. The topological polar surface area (TPSA) is 109 Å². The monoisotopic (exact) mass is 579 g/mol. The molecule has 1 unspecified atom stereocenters. The van der Waals surface area contributed by atoms with Crippen LogP contribution in [0.15, 0.2) is 95.7 Å². The Morgan fingerprint density at radius 2 is 1.84 bits per heavy atom. The molecule has 0 amide bonds. The Labute approximate surface area is 251 Å². The molecule has 0 aliphatic carbocycles. The lowest BCUT2D eigenvalue weighted by Crippen LogP contribution is -2.21. The van der Waals surface area contributed by atoms with Crippen molar-refractivity contribution in [1.29, 1.82) is 0 Å². The largest absolute Gasteiger partial charge is 0.489 e. The van der Waals surface area contributed by atoms with Gasteiger partial charge in [0.05, 0.1) is 19.6 Å². The van der Waals surface area contributed by atoms with E-state index in [2.05, 4.69) is 40.6 Å². The smallest absolute Gasteiger partial charge is 0.310 e. The summed E-state index contributed by atoms with van der Waals surface area (Å²) in [6.07, 6.45) is 3.41. The number of aromatic nitrogens is 1. The number of esters is 1. The number of nitrogens with zero attached hydrogens (tertiary/aromatic N) is 1. The van der Waals surface area contributed by atoms with Gasteiger partial charge < -0.3 is 29.7 Å². The van der Waals surface area contributed by atoms with Crippen LogP contribution in [0.25, 0.3) is 22.1 Å². The number of methoxy groups -OCH3 is 1. The molecule has 0 radical (unpaired) electrons. The van der Waals surface area contributed by atoms with Crippen LogP contribution in [0.1, 0.15) is 34.9 Å². The van der Waals surface area contributed by atoms with E-state index < -0.39 is 0 Å². The zero-order chi connectivity index (χ0) is 30.0. The standard InChI is InChI=1S/C35H37N3O5/c1-24(22-40-2)42-34(39)17-29-9-3-4-11-33(29)41-23-27-14-30-16-31(21-38-20-26-8-6-12-37-19-26)43-35(30)32(15-27)28-10-5-7-25(13-28)18-36/h3-16,19,24,38H,17-18,20-23,36H2,1-2H3. The summed E-state index contributed by atoms with van der Waals surface area (Å²) in [6.45, 7) is 4.17. The van der Waals surface area contributed by atoms with Gasteiger partial charge in [0.15, 0.2) is 0 Å². The molecule has 1 atom stereocenters. The molecule has 5 aromatic rings. The number of furan rings is 1. The van der Waals surface area contributed by atoms with Crippen molar-refractivity contribution in [2.75, 3.05) is 13.7 Å². The van der Waals surface area contributed by atoms with E-state index in [0.717, 1.165) is 50.1 Å². The predicted octanol–water partition coefficient (Wildman–Crippen LogP) is 5.94. The van der Waals surface area contributed by atoms with Crippen LogP contribution in [0.4, 0.5) is 0 Å². The van der Waals surface area contributed by atoms with E-state index in [4.69, 9.17) is 24.4 Å². The Hall–Kier alpha value is -4.50. The summed E-state index contributed by atoms with van der Waals surface area (Å²) >= 11 is 0. The second-order valence-corrected chi connectivity index (χ2v) is 10.5. The van der Waals surface area contributed by atoms with E-state index in [9.17, 15) is 4.79 Å². The van der Waals surface area contributed by atoms with E-state index in [1.165, 1.54) is 0 Å². The van der Waals surface area contributed by atoms with Crippen LogP contribution in [-0.2, 0) is 46.9 Å². The molecule has 0 spiro atoms. The van der Waals surface area contributed by atoms with Crippen molar-refractivity contribution in [2.45, 2.75) is 45.7 Å². The minimum atomic E-state index is -0.327. The van der Waals surface area contributed by atoms with Crippen molar-refractivity contribution >= 4 is 16.9 Å². The van der Waals surface area contributed by atoms with Gasteiger partial charge in [-0.15, -0.1) is 0 Å². The second-order valence-electron chi connectivity index (χ2n) is 10.5. The number of fused-ring (bicyclic) bond motifs is 1. The average molecular weight is 580 g/mol. The number of carbonyl (C=O) groups excluding carboxylic acids is 1. The highest BCUT2D eigenvalue weighted by atomic mass is 16.6. The highest BCUT2D eigenvalue weighted by molar-refractivity contribution is 5.93. The molecule has 0 saturated heterocycles. The number of para-hydroxylation sites is 1. The van der Waals surface area contributed by atoms with Gasteiger partial charge in [-0.2, -0.15) is 0 Å². The van der Waals surface area contributed by atoms with Crippen LogP contribution >= 0.6 is 0 Å². The maximum absolute atomic E-state index is 12.5. The molecule has 0 fully saturated rings. The lowest BCUT2D eigenvalue weighted by molar-refractivity contribution is -0.149. The van der Waals surface area contributed by atoms with Crippen LogP contribution in [0.3, 0.4) is 0 Å². The van der Waals surface area contributed by atoms with E-state index in [1.807, 2.05) is 54.7 Å². The summed E-state index contributed by atoms with van der Waals surface area (Å²) in [5.41, 5.74) is 12.6. The fraction of sp³-hybridized carbons (Fsp3) is 0.257. The lowest BCUT2D eigenvalue weighted by Gasteiger charge is -2.15. The predicted molar refractivity (Wildman–Crippen MR) is 166 cm³/mol. The van der Waals surface area contributed by atoms with Crippen LogP contribution in [0.2, 0.25) is 0 Å². The SMILES string of the molecule is COCC(C)OC(=O)Cc1ccccc1OCc1cc(-c2cccc(CN)c2)c2oc(CNCc3cccnc3)cc2c1. The van der Waals surface area contributed by atoms with E-state index in [-0.39, 0.29) is 18.5 Å². The molecule has 43 heavy (non-hydrogen) atoms. The summed E-state index contributed by atoms with van der Waals surface area (Å²) in [6, 6.07) is 25.9. The molecule has 3 N–H and O–H groups in total. The van der Waals surface area contributed by atoms with Gasteiger partial charge in [0.25, 0.3) is 0 Å². The molecule has 8 heteroatoms. The van der Waals surface area contributed by atoms with Crippen molar-refractivity contribution in [1.82, 2.24) is 10.3 Å². The molecule has 3 aromatic carbocycles. The first-order valence-corrected chi connectivity index (χ1v) is 14.4. The van der Waals surface area contributed by atoms with Gasteiger partial charge in [-0.05, 0) is 65.6 Å². The zero-order valence-electron chi connectivity index (χ0n) is 24.5. The average Bonchev–Trinajstić information content (AvgIpc) is 3.43. The van der Waals surface area contributed by atoms with Gasteiger partial charge in [-0.1, -0.05) is 42.5 Å². The minimum Gasteiger partial charge on any atom is -0.489 e. The number of hydrogen-bond acceptors (Lipinski definition) is 8. The van der Waals surface area contributed by atoms with Crippen LogP contribution in [0, 0.1) is 0 Å². The van der Waals surface area contributed by atoms with Gasteiger partial charge in [0.1, 0.15) is 29.8 Å². The molecule has 0 aliphatic heterocycles. The number of nitrogens with one attached hydrogen (secondary N) is 1. The summed E-state index contributed by atoms with van der Waals surface area (Å²) in [4.78, 5) is 16.7. The summed E-state index contributed by atoms with van der Waals surface area (Å²) in [7, 11) is 1.58. The molecule has 2 aromatic heterocycles. The lowest BCUT2D eigenvalue weighted by atomic mass is 9.99. The zero-order valence-corrected chi connectivity index (χ0v) is 24.5. The Kier molecular flexibility index (Phi) is 10.2. The number of benzene rings is 3. The summed E-state index contributed by atoms with van der Waals surface area (Å²) < 4.78 is 23.2.